The van der Waals surface area contributed by atoms with Crippen molar-refractivity contribution in [3.8, 4) is 11.5 Å². The van der Waals surface area contributed by atoms with Crippen LogP contribution in [0, 0.1) is 5.92 Å². The number of amides is 1. The number of rotatable bonds is 9. The summed E-state index contributed by atoms with van der Waals surface area (Å²) in [5.74, 6) is -0.126. The number of aliphatic carboxylic acids is 1. The van der Waals surface area contributed by atoms with E-state index in [1.54, 1.807) is 17.0 Å². The van der Waals surface area contributed by atoms with Crippen molar-refractivity contribution in [3.63, 3.8) is 0 Å². The molecule has 2 aromatic carbocycles. The topological polar surface area (TPSA) is 79.3 Å². The van der Waals surface area contributed by atoms with E-state index in [2.05, 4.69) is 0 Å². The van der Waals surface area contributed by atoms with Gasteiger partial charge in [-0.05, 0) is 80.0 Å². The highest BCUT2D eigenvalue weighted by Crippen LogP contribution is 2.37. The number of likely N-dealkylation sites (tertiary alicyclic amines) is 1. The van der Waals surface area contributed by atoms with Gasteiger partial charge >= 0.3 is 12.6 Å². The number of hydrogen-bond donors (Lipinski definition) is 1. The molecule has 5 rings (SSSR count). The molecule has 0 bridgehead atoms. The van der Waals surface area contributed by atoms with Crippen LogP contribution in [0.5, 0.6) is 11.5 Å². The summed E-state index contributed by atoms with van der Waals surface area (Å²) in [7, 11) is 0. The maximum Gasteiger partial charge on any atom is 0.387 e. The highest BCUT2D eigenvalue weighted by Gasteiger charge is 2.30. The number of benzene rings is 2. The Morgan fingerprint density at radius 2 is 1.84 bits per heavy atom. The van der Waals surface area contributed by atoms with Crippen molar-refractivity contribution in [1.29, 1.82) is 0 Å². The summed E-state index contributed by atoms with van der Waals surface area (Å²) in [6.07, 6.45) is 6.56. The van der Waals surface area contributed by atoms with Crippen molar-refractivity contribution < 1.29 is 33.0 Å². The summed E-state index contributed by atoms with van der Waals surface area (Å²) in [5.41, 5.74) is 3.41. The number of anilines is 1. The van der Waals surface area contributed by atoms with Crippen LogP contribution in [0.4, 0.5) is 14.5 Å². The molecule has 1 saturated heterocycles. The van der Waals surface area contributed by atoms with Gasteiger partial charge in [0.05, 0.1) is 12.5 Å². The second kappa shape index (κ2) is 11.7. The lowest BCUT2D eigenvalue weighted by Crippen LogP contribution is -2.45. The molecular weight excluding hydrogens is 494 g/mol. The minimum atomic E-state index is -2.91. The summed E-state index contributed by atoms with van der Waals surface area (Å²) < 4.78 is 37.0. The lowest BCUT2D eigenvalue weighted by molar-refractivity contribution is -0.144. The van der Waals surface area contributed by atoms with Crippen LogP contribution in [0.15, 0.2) is 36.4 Å². The number of hydrogen-bond acceptors (Lipinski definition) is 5. The molecular formula is C29H34F2N2O5. The Morgan fingerprint density at radius 1 is 1.03 bits per heavy atom. The number of piperidine rings is 1. The summed E-state index contributed by atoms with van der Waals surface area (Å²) in [6, 6.07) is 11.1. The Labute approximate surface area is 221 Å². The Kier molecular flexibility index (Phi) is 8.12. The fourth-order valence-electron chi connectivity index (χ4n) is 5.97. The molecule has 3 aliphatic rings. The third-order valence-electron chi connectivity index (χ3n) is 7.99. The van der Waals surface area contributed by atoms with Gasteiger partial charge in [-0.2, -0.15) is 8.78 Å². The molecule has 1 atom stereocenters. The summed E-state index contributed by atoms with van der Waals surface area (Å²) >= 11 is 0. The van der Waals surface area contributed by atoms with Crippen molar-refractivity contribution in [2.75, 3.05) is 31.1 Å². The molecule has 0 spiro atoms. The molecule has 38 heavy (non-hydrogen) atoms. The van der Waals surface area contributed by atoms with Crippen LogP contribution in [0.3, 0.4) is 0 Å². The monoisotopic (exact) mass is 528 g/mol. The van der Waals surface area contributed by atoms with E-state index in [-0.39, 0.29) is 24.8 Å². The van der Waals surface area contributed by atoms with Crippen molar-refractivity contribution in [2.24, 2.45) is 5.92 Å². The highest BCUT2D eigenvalue weighted by molar-refractivity contribution is 5.97. The minimum Gasteiger partial charge on any atom is -0.489 e. The number of nitrogens with zero attached hydrogens (tertiary/aromatic N) is 2. The summed E-state index contributed by atoms with van der Waals surface area (Å²) in [5, 5.41) is 9.31. The molecule has 0 radical (unpaired) electrons. The SMILES string of the molecule is O=C(O)[C@@H]1CCCN(CC(=O)N2CCc3cc(OCc4ccc(C5CCCC5)cc4OC(F)F)ccc32)C1. The van der Waals surface area contributed by atoms with Crippen LogP contribution in [-0.4, -0.2) is 54.7 Å². The largest absolute Gasteiger partial charge is 0.489 e. The molecule has 2 aromatic rings. The molecule has 1 aliphatic carbocycles. The smallest absolute Gasteiger partial charge is 0.387 e. The molecule has 0 unspecified atom stereocenters. The maximum atomic E-state index is 13.1. The number of carbonyl (C=O) groups is 2. The Morgan fingerprint density at radius 3 is 2.61 bits per heavy atom. The van der Waals surface area contributed by atoms with E-state index in [0.29, 0.717) is 43.2 Å². The first kappa shape index (κ1) is 26.4. The molecule has 2 heterocycles. The summed E-state index contributed by atoms with van der Waals surface area (Å²) in [4.78, 5) is 28.0. The first-order valence-corrected chi connectivity index (χ1v) is 13.5. The number of carboxylic acids is 1. The standard InChI is InChI=1S/C29H34F2N2O5/c30-29(31)38-26-15-20(19-4-1-2-5-19)7-8-23(26)18-37-24-9-10-25-21(14-24)11-13-33(25)27(34)17-32-12-3-6-22(16-32)28(35)36/h7-10,14-15,19,22,29H,1-6,11-13,16-18H2,(H,35,36)/t22-/m1/s1. The minimum absolute atomic E-state index is 0.0420. The fraction of sp³-hybridized carbons (Fsp3) is 0.517. The normalized spacial score (nSPS) is 20.1. The number of fused-ring (bicyclic) bond motifs is 1. The second-order valence-electron chi connectivity index (χ2n) is 10.5. The van der Waals surface area contributed by atoms with Gasteiger partial charge in [0.15, 0.2) is 0 Å². The third kappa shape index (κ3) is 6.09. The van der Waals surface area contributed by atoms with Gasteiger partial charge < -0.3 is 19.5 Å². The maximum absolute atomic E-state index is 13.1. The van der Waals surface area contributed by atoms with E-state index < -0.39 is 18.5 Å². The Hall–Kier alpha value is -3.20. The molecule has 204 valence electrons. The zero-order valence-electron chi connectivity index (χ0n) is 21.4. The molecule has 9 heteroatoms. The van der Waals surface area contributed by atoms with Crippen molar-refractivity contribution in [3.05, 3.63) is 53.1 Å². The molecule has 0 aromatic heterocycles. The first-order chi connectivity index (χ1) is 18.4. The van der Waals surface area contributed by atoms with Gasteiger partial charge in [-0.1, -0.05) is 25.0 Å². The quantitative estimate of drug-likeness (QED) is 0.482. The van der Waals surface area contributed by atoms with E-state index >= 15 is 0 Å². The van der Waals surface area contributed by atoms with Gasteiger partial charge in [0.1, 0.15) is 18.1 Å². The molecule has 2 aliphatic heterocycles. The van der Waals surface area contributed by atoms with E-state index in [1.807, 2.05) is 29.2 Å². The van der Waals surface area contributed by atoms with Crippen LogP contribution in [-0.2, 0) is 22.6 Å². The zero-order valence-corrected chi connectivity index (χ0v) is 21.4. The molecule has 7 nitrogen and oxygen atoms in total. The number of halogens is 2. The lowest BCUT2D eigenvalue weighted by Gasteiger charge is -2.31. The molecule has 1 N–H and O–H groups in total. The first-order valence-electron chi connectivity index (χ1n) is 13.5. The van der Waals surface area contributed by atoms with E-state index in [4.69, 9.17) is 9.47 Å². The lowest BCUT2D eigenvalue weighted by atomic mass is 9.96. The van der Waals surface area contributed by atoms with Gasteiger partial charge in [-0.3, -0.25) is 14.5 Å². The van der Waals surface area contributed by atoms with Gasteiger partial charge in [-0.15, -0.1) is 0 Å². The second-order valence-corrected chi connectivity index (χ2v) is 10.5. The third-order valence-corrected chi connectivity index (χ3v) is 7.99. The van der Waals surface area contributed by atoms with Crippen molar-refractivity contribution in [2.45, 2.75) is 64.1 Å². The van der Waals surface area contributed by atoms with Crippen LogP contribution in [0.2, 0.25) is 0 Å². The fourth-order valence-corrected chi connectivity index (χ4v) is 5.97. The predicted molar refractivity (Wildman–Crippen MR) is 138 cm³/mol. The number of carboxylic acid groups (broad SMARTS) is 1. The molecule has 1 saturated carbocycles. The predicted octanol–water partition coefficient (Wildman–Crippen LogP) is 5.21. The van der Waals surface area contributed by atoms with Gasteiger partial charge in [0, 0.05) is 24.3 Å². The number of carbonyl (C=O) groups excluding carboxylic acids is 1. The average molecular weight is 529 g/mol. The number of alkyl halides is 2. The van der Waals surface area contributed by atoms with Gasteiger partial charge in [0.2, 0.25) is 5.91 Å². The highest BCUT2D eigenvalue weighted by atomic mass is 19.3. The summed E-state index contributed by atoms with van der Waals surface area (Å²) in [6.45, 7) is -0.937. The van der Waals surface area contributed by atoms with Crippen LogP contribution in [0.25, 0.3) is 0 Å². The Balaban J connectivity index is 1.22. The number of ether oxygens (including phenoxy) is 2. The van der Waals surface area contributed by atoms with Gasteiger partial charge in [0.25, 0.3) is 0 Å². The van der Waals surface area contributed by atoms with E-state index in [9.17, 15) is 23.5 Å². The average Bonchev–Trinajstić information content (AvgIpc) is 3.58. The van der Waals surface area contributed by atoms with Crippen molar-refractivity contribution in [1.82, 2.24) is 4.90 Å². The van der Waals surface area contributed by atoms with Crippen LogP contribution < -0.4 is 14.4 Å². The van der Waals surface area contributed by atoms with E-state index in [0.717, 1.165) is 55.5 Å². The van der Waals surface area contributed by atoms with Crippen LogP contribution >= 0.6 is 0 Å². The van der Waals surface area contributed by atoms with E-state index in [1.165, 1.54) is 0 Å². The van der Waals surface area contributed by atoms with Crippen LogP contribution in [0.1, 0.15) is 61.1 Å². The molecule has 2 fully saturated rings. The molecule has 1 amide bonds. The zero-order chi connectivity index (χ0) is 26.6. The Bertz CT molecular complexity index is 1170. The van der Waals surface area contributed by atoms with Crippen molar-refractivity contribution >= 4 is 17.6 Å². The van der Waals surface area contributed by atoms with Gasteiger partial charge in [-0.25, -0.2) is 0 Å².